The molecule has 1 unspecified atom stereocenters. The second kappa shape index (κ2) is 4.71. The molecule has 0 aromatic heterocycles. The van der Waals surface area contributed by atoms with Gasteiger partial charge in [0.15, 0.2) is 5.78 Å². The Balaban J connectivity index is 1.88. The van der Waals surface area contributed by atoms with E-state index >= 15 is 0 Å². The van der Waals surface area contributed by atoms with Gasteiger partial charge in [0, 0.05) is 12.4 Å². The number of hydrogen-bond acceptors (Lipinski definition) is 3. The minimum Gasteiger partial charge on any atom is -0.347 e. The molecule has 0 spiro atoms. The summed E-state index contributed by atoms with van der Waals surface area (Å²) in [7, 11) is 0. The normalized spacial score (nSPS) is 24.5. The lowest BCUT2D eigenvalue weighted by Crippen LogP contribution is -2.28. The fourth-order valence-corrected chi connectivity index (χ4v) is 2.59. The Morgan fingerprint density at radius 3 is 3.13 bits per heavy atom. The average Bonchev–Trinajstić information content (AvgIpc) is 2.70. The van der Waals surface area contributed by atoms with Crippen LogP contribution in [0.2, 0.25) is 0 Å². The number of thioether (sulfide) groups is 1. The molecule has 0 saturated carbocycles. The van der Waals surface area contributed by atoms with E-state index < -0.39 is 0 Å². The molecule has 2 aliphatic heterocycles. The Kier molecular flexibility index (Phi) is 3.31. The predicted molar refractivity (Wildman–Crippen MR) is 64.4 cm³/mol. The molecule has 2 rings (SSSR count). The first kappa shape index (κ1) is 10.6. The topological polar surface area (TPSA) is 20.3 Å². The number of carbonyl (C=O) groups excluding carboxylic acids is 1. The van der Waals surface area contributed by atoms with Crippen LogP contribution in [0.15, 0.2) is 35.5 Å². The van der Waals surface area contributed by atoms with Gasteiger partial charge in [-0.1, -0.05) is 17.7 Å². The van der Waals surface area contributed by atoms with Gasteiger partial charge in [0.05, 0.1) is 11.8 Å². The van der Waals surface area contributed by atoms with Crippen LogP contribution in [0.25, 0.3) is 0 Å². The molecule has 0 radical (unpaired) electrons. The van der Waals surface area contributed by atoms with Crippen LogP contribution in [0, 0.1) is 0 Å². The summed E-state index contributed by atoms with van der Waals surface area (Å²) in [5, 5.41) is 2.17. The first-order valence-electron chi connectivity index (χ1n) is 5.18. The molecule has 15 heavy (non-hydrogen) atoms. The maximum atomic E-state index is 11.9. The van der Waals surface area contributed by atoms with E-state index in [1.807, 2.05) is 16.5 Å². The monoisotopic (exact) mass is 221 g/mol. The molecule has 2 nitrogen and oxygen atoms in total. The van der Waals surface area contributed by atoms with Crippen LogP contribution in [-0.2, 0) is 4.79 Å². The summed E-state index contributed by atoms with van der Waals surface area (Å²) in [6.07, 6.45) is 10.1. The van der Waals surface area contributed by atoms with Crippen LogP contribution in [0.5, 0.6) is 0 Å². The van der Waals surface area contributed by atoms with E-state index in [0.717, 1.165) is 12.8 Å². The molecule has 80 valence electrons. The van der Waals surface area contributed by atoms with Crippen LogP contribution in [0.4, 0.5) is 0 Å². The SMILES string of the molecule is CC1=CN(CC(=O)C2CC=CS2)C=CC1. The summed E-state index contributed by atoms with van der Waals surface area (Å²) in [6.45, 7) is 2.60. The highest BCUT2D eigenvalue weighted by Gasteiger charge is 2.21. The second-order valence-electron chi connectivity index (χ2n) is 3.94. The number of nitrogens with zero attached hydrogens (tertiary/aromatic N) is 1. The van der Waals surface area contributed by atoms with Crippen molar-refractivity contribution in [2.45, 2.75) is 25.0 Å². The van der Waals surface area contributed by atoms with Gasteiger partial charge in [0.1, 0.15) is 0 Å². The van der Waals surface area contributed by atoms with Crippen LogP contribution < -0.4 is 0 Å². The third-order valence-corrected chi connectivity index (χ3v) is 3.64. The first-order valence-corrected chi connectivity index (χ1v) is 6.13. The second-order valence-corrected chi connectivity index (χ2v) is 5.05. The van der Waals surface area contributed by atoms with E-state index in [2.05, 4.69) is 25.3 Å². The van der Waals surface area contributed by atoms with Crippen molar-refractivity contribution in [3.05, 3.63) is 35.5 Å². The van der Waals surface area contributed by atoms with Gasteiger partial charge < -0.3 is 4.90 Å². The van der Waals surface area contributed by atoms with E-state index in [0.29, 0.717) is 12.3 Å². The van der Waals surface area contributed by atoms with Crippen LogP contribution in [-0.4, -0.2) is 22.5 Å². The van der Waals surface area contributed by atoms with Crippen LogP contribution >= 0.6 is 11.8 Å². The Hall–Kier alpha value is -0.960. The maximum absolute atomic E-state index is 11.9. The van der Waals surface area contributed by atoms with E-state index in [9.17, 15) is 4.79 Å². The van der Waals surface area contributed by atoms with Gasteiger partial charge in [-0.05, 0) is 25.2 Å². The number of hydrogen-bond donors (Lipinski definition) is 0. The van der Waals surface area contributed by atoms with E-state index in [-0.39, 0.29) is 5.25 Å². The summed E-state index contributed by atoms with van der Waals surface area (Å²) < 4.78 is 0. The standard InChI is InChI=1S/C12H15NOS/c1-10-4-2-6-13(8-10)9-11(14)12-5-3-7-15-12/h2-3,6-8,12H,4-5,9H2,1H3. The Bertz CT molecular complexity index is 336. The van der Waals surface area contributed by atoms with Crippen molar-refractivity contribution in [1.29, 1.82) is 0 Å². The highest BCUT2D eigenvalue weighted by Crippen LogP contribution is 2.25. The summed E-state index contributed by atoms with van der Waals surface area (Å²) in [5.41, 5.74) is 1.31. The quantitative estimate of drug-likeness (QED) is 0.731. The molecule has 3 heteroatoms. The lowest BCUT2D eigenvalue weighted by atomic mass is 10.1. The molecule has 2 heterocycles. The molecule has 0 bridgehead atoms. The molecule has 0 N–H and O–H groups in total. The molecule has 1 atom stereocenters. The van der Waals surface area contributed by atoms with Crippen molar-refractivity contribution in [3.8, 4) is 0 Å². The van der Waals surface area contributed by atoms with E-state index in [1.54, 1.807) is 11.8 Å². The summed E-state index contributed by atoms with van der Waals surface area (Å²) >= 11 is 1.64. The van der Waals surface area contributed by atoms with Gasteiger partial charge in [0.2, 0.25) is 0 Å². The molecule has 0 aliphatic carbocycles. The zero-order chi connectivity index (χ0) is 10.7. The van der Waals surface area contributed by atoms with Crippen LogP contribution in [0.3, 0.4) is 0 Å². The fourth-order valence-electron chi connectivity index (χ4n) is 1.73. The van der Waals surface area contributed by atoms with Gasteiger partial charge in [0.25, 0.3) is 0 Å². The van der Waals surface area contributed by atoms with Gasteiger partial charge >= 0.3 is 0 Å². The van der Waals surface area contributed by atoms with Crippen molar-refractivity contribution in [2.75, 3.05) is 6.54 Å². The van der Waals surface area contributed by atoms with Crippen LogP contribution in [0.1, 0.15) is 19.8 Å². The number of allylic oxidation sites excluding steroid dienone is 3. The van der Waals surface area contributed by atoms with E-state index in [4.69, 9.17) is 0 Å². The summed E-state index contributed by atoms with van der Waals surface area (Å²) in [6, 6.07) is 0. The lowest BCUT2D eigenvalue weighted by molar-refractivity contribution is -0.118. The van der Waals surface area contributed by atoms with Crippen molar-refractivity contribution in [3.63, 3.8) is 0 Å². The molecule has 0 aromatic carbocycles. The third kappa shape index (κ3) is 2.75. The molecule has 0 saturated heterocycles. The van der Waals surface area contributed by atoms with Crippen molar-refractivity contribution < 1.29 is 4.79 Å². The zero-order valence-corrected chi connectivity index (χ0v) is 9.67. The molecule has 0 fully saturated rings. The Morgan fingerprint density at radius 2 is 2.47 bits per heavy atom. The molecular formula is C12H15NOS. The zero-order valence-electron chi connectivity index (χ0n) is 8.85. The highest BCUT2D eigenvalue weighted by atomic mass is 32.2. The summed E-state index contributed by atoms with van der Waals surface area (Å²) in [4.78, 5) is 13.8. The first-order chi connectivity index (χ1) is 7.25. The minimum atomic E-state index is 0.147. The smallest absolute Gasteiger partial charge is 0.166 e. The average molecular weight is 221 g/mol. The fraction of sp³-hybridized carbons (Fsp3) is 0.417. The lowest BCUT2D eigenvalue weighted by Gasteiger charge is -2.20. The van der Waals surface area contributed by atoms with Gasteiger partial charge in [-0.15, -0.1) is 11.8 Å². The number of rotatable bonds is 3. The highest BCUT2D eigenvalue weighted by molar-refractivity contribution is 8.03. The third-order valence-electron chi connectivity index (χ3n) is 2.51. The summed E-state index contributed by atoms with van der Waals surface area (Å²) in [5.74, 6) is 0.320. The number of carbonyl (C=O) groups is 1. The molecule has 0 amide bonds. The van der Waals surface area contributed by atoms with Gasteiger partial charge in [-0.25, -0.2) is 0 Å². The van der Waals surface area contributed by atoms with Crippen molar-refractivity contribution >= 4 is 17.5 Å². The minimum absolute atomic E-state index is 0.147. The van der Waals surface area contributed by atoms with Gasteiger partial charge in [-0.3, -0.25) is 4.79 Å². The maximum Gasteiger partial charge on any atom is 0.166 e. The largest absolute Gasteiger partial charge is 0.347 e. The predicted octanol–water partition coefficient (Wildman–Crippen LogP) is 2.70. The van der Waals surface area contributed by atoms with Crippen molar-refractivity contribution in [2.24, 2.45) is 0 Å². The Morgan fingerprint density at radius 1 is 1.60 bits per heavy atom. The Labute approximate surface area is 94.7 Å². The van der Waals surface area contributed by atoms with Crippen molar-refractivity contribution in [1.82, 2.24) is 4.90 Å². The molecular weight excluding hydrogens is 206 g/mol. The number of ketones is 1. The van der Waals surface area contributed by atoms with Gasteiger partial charge in [-0.2, -0.15) is 0 Å². The molecule has 0 aromatic rings. The van der Waals surface area contributed by atoms with E-state index in [1.165, 1.54) is 5.57 Å². The molecule has 2 aliphatic rings. The number of Topliss-reactive ketones (excluding diaryl/α,β-unsaturated/α-hetero) is 1.